The molecule has 0 heterocycles. The van der Waals surface area contributed by atoms with Gasteiger partial charge in [-0.05, 0) is 24.7 Å². The molecule has 0 aromatic heterocycles. The van der Waals surface area contributed by atoms with Crippen molar-refractivity contribution in [3.8, 4) is 0 Å². The molecule has 1 saturated carbocycles. The molecule has 0 amide bonds. The monoisotopic (exact) mass is 140 g/mol. The SMILES string of the molecule is C=CC[C@@H]1CCCC[C@@H]1C.[HH]. The normalized spacial score (nSPS) is 33.7. The molecule has 2 atom stereocenters. The van der Waals surface area contributed by atoms with E-state index in [1.54, 1.807) is 0 Å². The highest BCUT2D eigenvalue weighted by atomic mass is 14.2. The Bertz CT molecular complexity index is 109. The summed E-state index contributed by atoms with van der Waals surface area (Å²) in [5.74, 6) is 1.90. The van der Waals surface area contributed by atoms with Gasteiger partial charge in [-0.15, -0.1) is 6.58 Å². The lowest BCUT2D eigenvalue weighted by Gasteiger charge is -2.27. The van der Waals surface area contributed by atoms with E-state index in [0.717, 1.165) is 11.8 Å². The predicted molar refractivity (Wildman–Crippen MR) is 48.1 cm³/mol. The van der Waals surface area contributed by atoms with E-state index in [1.165, 1.54) is 32.1 Å². The van der Waals surface area contributed by atoms with Gasteiger partial charge in [0.1, 0.15) is 0 Å². The van der Waals surface area contributed by atoms with Crippen molar-refractivity contribution in [2.75, 3.05) is 0 Å². The Morgan fingerprint density at radius 3 is 2.80 bits per heavy atom. The van der Waals surface area contributed by atoms with Gasteiger partial charge in [-0.1, -0.05) is 32.3 Å². The number of hydrogen-bond acceptors (Lipinski definition) is 0. The molecule has 0 nitrogen and oxygen atoms in total. The topological polar surface area (TPSA) is 0 Å². The van der Waals surface area contributed by atoms with Gasteiger partial charge >= 0.3 is 0 Å². The van der Waals surface area contributed by atoms with Gasteiger partial charge in [-0.25, -0.2) is 0 Å². The third kappa shape index (κ3) is 1.86. The fraction of sp³-hybridized carbons (Fsp3) is 0.800. The Balaban J connectivity index is 0.000001000. The largest absolute Gasteiger partial charge is 0.103 e. The smallest absolute Gasteiger partial charge is 0 e. The maximum absolute atomic E-state index is 3.79. The molecule has 1 rings (SSSR count). The first kappa shape index (κ1) is 7.84. The highest BCUT2D eigenvalue weighted by Crippen LogP contribution is 2.31. The zero-order valence-electron chi connectivity index (χ0n) is 6.97. The maximum Gasteiger partial charge on any atom is 0 e. The van der Waals surface area contributed by atoms with E-state index in [2.05, 4.69) is 19.6 Å². The summed E-state index contributed by atoms with van der Waals surface area (Å²) < 4.78 is 0. The van der Waals surface area contributed by atoms with Crippen molar-refractivity contribution in [1.29, 1.82) is 0 Å². The molecular formula is C10H20. The number of hydrogen-bond donors (Lipinski definition) is 0. The van der Waals surface area contributed by atoms with Crippen LogP contribution in [0.3, 0.4) is 0 Å². The third-order valence-corrected chi connectivity index (χ3v) is 2.76. The van der Waals surface area contributed by atoms with E-state index in [0.29, 0.717) is 0 Å². The molecule has 0 heteroatoms. The molecule has 0 unspecified atom stereocenters. The van der Waals surface area contributed by atoms with Crippen molar-refractivity contribution in [2.24, 2.45) is 11.8 Å². The van der Waals surface area contributed by atoms with Crippen molar-refractivity contribution in [3.05, 3.63) is 12.7 Å². The van der Waals surface area contributed by atoms with Gasteiger partial charge in [0.15, 0.2) is 0 Å². The van der Waals surface area contributed by atoms with Crippen molar-refractivity contribution >= 4 is 0 Å². The van der Waals surface area contributed by atoms with Crippen LogP contribution in [-0.2, 0) is 0 Å². The molecule has 10 heavy (non-hydrogen) atoms. The van der Waals surface area contributed by atoms with Crippen molar-refractivity contribution < 1.29 is 1.43 Å². The lowest BCUT2D eigenvalue weighted by Crippen LogP contribution is -2.15. The molecule has 0 N–H and O–H groups in total. The van der Waals surface area contributed by atoms with Crippen LogP contribution in [0, 0.1) is 11.8 Å². The molecule has 0 radical (unpaired) electrons. The quantitative estimate of drug-likeness (QED) is 0.514. The summed E-state index contributed by atoms with van der Waals surface area (Å²) in [4.78, 5) is 0. The number of rotatable bonds is 2. The van der Waals surface area contributed by atoms with Gasteiger partial charge in [0, 0.05) is 1.43 Å². The van der Waals surface area contributed by atoms with Crippen LogP contribution in [0.25, 0.3) is 0 Å². The summed E-state index contributed by atoms with van der Waals surface area (Å²) in [6.45, 7) is 6.17. The van der Waals surface area contributed by atoms with Gasteiger partial charge in [0.05, 0.1) is 0 Å². The first-order valence-corrected chi connectivity index (χ1v) is 4.45. The third-order valence-electron chi connectivity index (χ3n) is 2.76. The standard InChI is InChI=1S/C10H18.H2/c1-3-6-10-8-5-4-7-9(10)2;/h3,9-10H,1,4-8H2,2H3;1H/t9-,10+;/m0./s1. The van der Waals surface area contributed by atoms with Gasteiger partial charge in [-0.3, -0.25) is 0 Å². The fourth-order valence-electron chi connectivity index (χ4n) is 1.96. The van der Waals surface area contributed by atoms with Crippen LogP contribution in [0.15, 0.2) is 12.7 Å². The van der Waals surface area contributed by atoms with Crippen molar-refractivity contribution in [3.63, 3.8) is 0 Å². The Labute approximate surface area is 65.8 Å². The molecule has 60 valence electrons. The fourth-order valence-corrected chi connectivity index (χ4v) is 1.96. The minimum absolute atomic E-state index is 0. The second-order valence-corrected chi connectivity index (χ2v) is 3.55. The van der Waals surface area contributed by atoms with Crippen molar-refractivity contribution in [1.82, 2.24) is 0 Å². The van der Waals surface area contributed by atoms with Crippen LogP contribution in [0.2, 0.25) is 0 Å². The molecule has 0 aromatic carbocycles. The van der Waals surface area contributed by atoms with E-state index in [4.69, 9.17) is 0 Å². The van der Waals surface area contributed by atoms with Gasteiger partial charge < -0.3 is 0 Å². The van der Waals surface area contributed by atoms with Gasteiger partial charge in [-0.2, -0.15) is 0 Å². The van der Waals surface area contributed by atoms with E-state index >= 15 is 0 Å². The molecular weight excluding hydrogens is 120 g/mol. The minimum atomic E-state index is 0. The van der Waals surface area contributed by atoms with Crippen molar-refractivity contribution in [2.45, 2.75) is 39.0 Å². The van der Waals surface area contributed by atoms with Crippen LogP contribution in [0.4, 0.5) is 0 Å². The highest BCUT2D eigenvalue weighted by Gasteiger charge is 2.19. The zero-order chi connectivity index (χ0) is 7.40. The average Bonchev–Trinajstić information content (AvgIpc) is 1.94. The van der Waals surface area contributed by atoms with E-state index in [1.807, 2.05) is 0 Å². The maximum atomic E-state index is 3.79. The summed E-state index contributed by atoms with van der Waals surface area (Å²) in [5, 5.41) is 0. The molecule has 0 bridgehead atoms. The summed E-state index contributed by atoms with van der Waals surface area (Å²) in [7, 11) is 0. The molecule has 0 aliphatic heterocycles. The second kappa shape index (κ2) is 3.80. The minimum Gasteiger partial charge on any atom is -0.103 e. The Morgan fingerprint density at radius 2 is 2.20 bits per heavy atom. The van der Waals surface area contributed by atoms with Gasteiger partial charge in [0.2, 0.25) is 0 Å². The Hall–Kier alpha value is -0.260. The molecule has 0 saturated heterocycles. The molecule has 0 aromatic rings. The summed E-state index contributed by atoms with van der Waals surface area (Å²) in [6.07, 6.45) is 9.09. The highest BCUT2D eigenvalue weighted by molar-refractivity contribution is 4.79. The molecule has 1 aliphatic carbocycles. The van der Waals surface area contributed by atoms with Crippen LogP contribution < -0.4 is 0 Å². The predicted octanol–water partition coefficient (Wildman–Crippen LogP) is 3.63. The van der Waals surface area contributed by atoms with E-state index in [-0.39, 0.29) is 1.43 Å². The summed E-state index contributed by atoms with van der Waals surface area (Å²) >= 11 is 0. The Morgan fingerprint density at radius 1 is 1.50 bits per heavy atom. The first-order valence-electron chi connectivity index (χ1n) is 4.45. The molecule has 1 aliphatic rings. The Kier molecular flexibility index (Phi) is 2.98. The zero-order valence-corrected chi connectivity index (χ0v) is 6.97. The second-order valence-electron chi connectivity index (χ2n) is 3.55. The summed E-state index contributed by atoms with van der Waals surface area (Å²) in [6, 6.07) is 0. The van der Waals surface area contributed by atoms with Crippen LogP contribution in [0.1, 0.15) is 40.5 Å². The van der Waals surface area contributed by atoms with E-state index in [9.17, 15) is 0 Å². The van der Waals surface area contributed by atoms with E-state index < -0.39 is 0 Å². The average molecular weight is 140 g/mol. The first-order chi connectivity index (χ1) is 4.84. The lowest BCUT2D eigenvalue weighted by atomic mass is 9.79. The molecule has 1 fully saturated rings. The number of allylic oxidation sites excluding steroid dienone is 1. The summed E-state index contributed by atoms with van der Waals surface area (Å²) in [5.41, 5.74) is 0. The van der Waals surface area contributed by atoms with Gasteiger partial charge in [0.25, 0.3) is 0 Å². The lowest BCUT2D eigenvalue weighted by molar-refractivity contribution is 0.258. The molecule has 0 spiro atoms. The van der Waals surface area contributed by atoms with Crippen LogP contribution >= 0.6 is 0 Å². The van der Waals surface area contributed by atoms with Crippen LogP contribution in [0.5, 0.6) is 0 Å². The van der Waals surface area contributed by atoms with Crippen LogP contribution in [-0.4, -0.2) is 0 Å².